The van der Waals surface area contributed by atoms with Crippen molar-refractivity contribution in [1.29, 1.82) is 0 Å². The molecule has 3 rings (SSSR count). The van der Waals surface area contributed by atoms with E-state index in [-0.39, 0.29) is 0 Å². The minimum Gasteiger partial charge on any atom is -0.383 e. The maximum atomic E-state index is 6.22. The molecule has 0 atom stereocenters. The number of piperidine rings is 1. The first-order valence-corrected chi connectivity index (χ1v) is 7.57. The van der Waals surface area contributed by atoms with Gasteiger partial charge in [-0.05, 0) is 63.2 Å². The van der Waals surface area contributed by atoms with Crippen LogP contribution in [0, 0.1) is 5.92 Å². The maximum Gasteiger partial charge on any atom is 0.0948 e. The van der Waals surface area contributed by atoms with Gasteiger partial charge in [0.25, 0.3) is 0 Å². The van der Waals surface area contributed by atoms with E-state index in [4.69, 9.17) is 11.6 Å². The Kier molecular flexibility index (Phi) is 4.08. The molecule has 1 fully saturated rings. The Labute approximate surface area is 124 Å². The van der Waals surface area contributed by atoms with E-state index in [1.807, 2.05) is 30.5 Å². The summed E-state index contributed by atoms with van der Waals surface area (Å²) in [5.41, 5.74) is 2.05. The van der Waals surface area contributed by atoms with Crippen molar-refractivity contribution >= 4 is 28.2 Å². The summed E-state index contributed by atoms with van der Waals surface area (Å²) in [4.78, 5) is 6.86. The third kappa shape index (κ3) is 2.89. The Morgan fingerprint density at radius 1 is 1.30 bits per heavy atom. The van der Waals surface area contributed by atoms with E-state index in [1.165, 1.54) is 25.9 Å². The van der Waals surface area contributed by atoms with Crippen molar-refractivity contribution in [1.82, 2.24) is 9.88 Å². The normalized spacial score (nSPS) is 17.5. The van der Waals surface area contributed by atoms with Crippen LogP contribution in [0.4, 0.5) is 5.69 Å². The first-order valence-electron chi connectivity index (χ1n) is 7.19. The van der Waals surface area contributed by atoms with Gasteiger partial charge in [-0.1, -0.05) is 11.6 Å². The van der Waals surface area contributed by atoms with Gasteiger partial charge in [-0.3, -0.25) is 4.98 Å². The fourth-order valence-corrected chi connectivity index (χ4v) is 3.02. The van der Waals surface area contributed by atoms with Crippen molar-refractivity contribution in [2.24, 2.45) is 5.92 Å². The molecule has 0 bridgehead atoms. The molecule has 1 N–H and O–H groups in total. The molecule has 0 spiro atoms. The van der Waals surface area contributed by atoms with Gasteiger partial charge in [0, 0.05) is 18.1 Å². The second-order valence-corrected chi connectivity index (χ2v) is 6.03. The molecular formula is C16H20ClN3. The summed E-state index contributed by atoms with van der Waals surface area (Å²) in [6.45, 7) is 3.42. The van der Waals surface area contributed by atoms with Gasteiger partial charge >= 0.3 is 0 Å². The summed E-state index contributed by atoms with van der Waals surface area (Å²) < 4.78 is 0. The summed E-state index contributed by atoms with van der Waals surface area (Å²) in [6.07, 6.45) is 4.35. The molecule has 106 valence electrons. The summed E-state index contributed by atoms with van der Waals surface area (Å²) in [5.74, 6) is 0.751. The second kappa shape index (κ2) is 5.98. The van der Waals surface area contributed by atoms with Crippen molar-refractivity contribution in [3.8, 4) is 0 Å². The molecule has 1 aliphatic rings. The van der Waals surface area contributed by atoms with Crippen molar-refractivity contribution < 1.29 is 0 Å². The standard InChI is InChI=1S/C16H20ClN3/c1-20-9-6-12(7-10-20)11-19-15-5-4-14(17)13-3-2-8-18-16(13)15/h2-5,8,12,19H,6-7,9-11H2,1H3. The van der Waals surface area contributed by atoms with Crippen molar-refractivity contribution in [2.75, 3.05) is 32.0 Å². The van der Waals surface area contributed by atoms with Crippen LogP contribution in [0.25, 0.3) is 10.9 Å². The van der Waals surface area contributed by atoms with Crippen molar-refractivity contribution in [2.45, 2.75) is 12.8 Å². The monoisotopic (exact) mass is 289 g/mol. The highest BCUT2D eigenvalue weighted by Gasteiger charge is 2.16. The number of nitrogens with one attached hydrogen (secondary N) is 1. The molecule has 1 saturated heterocycles. The zero-order valence-electron chi connectivity index (χ0n) is 11.8. The van der Waals surface area contributed by atoms with Crippen molar-refractivity contribution in [3.63, 3.8) is 0 Å². The van der Waals surface area contributed by atoms with Crippen molar-refractivity contribution in [3.05, 3.63) is 35.5 Å². The van der Waals surface area contributed by atoms with Gasteiger partial charge in [-0.2, -0.15) is 0 Å². The number of pyridine rings is 1. The fraction of sp³-hybridized carbons (Fsp3) is 0.438. The summed E-state index contributed by atoms with van der Waals surface area (Å²) in [5, 5.41) is 5.34. The number of halogens is 1. The van der Waals surface area contributed by atoms with Gasteiger partial charge in [0.1, 0.15) is 0 Å². The number of aromatic nitrogens is 1. The minimum atomic E-state index is 0.751. The van der Waals surface area contributed by atoms with E-state index in [0.717, 1.165) is 34.1 Å². The maximum absolute atomic E-state index is 6.22. The number of hydrogen-bond acceptors (Lipinski definition) is 3. The quantitative estimate of drug-likeness (QED) is 0.935. The molecule has 3 nitrogen and oxygen atoms in total. The van der Waals surface area contributed by atoms with E-state index in [0.29, 0.717) is 0 Å². The summed E-state index contributed by atoms with van der Waals surface area (Å²) in [7, 11) is 2.19. The molecule has 0 amide bonds. The number of fused-ring (bicyclic) bond motifs is 1. The van der Waals surface area contributed by atoms with Gasteiger partial charge in [-0.25, -0.2) is 0 Å². The lowest BCUT2D eigenvalue weighted by atomic mass is 9.97. The lowest BCUT2D eigenvalue weighted by Gasteiger charge is -2.29. The first kappa shape index (κ1) is 13.7. The van der Waals surface area contributed by atoms with Crippen LogP contribution in [0.3, 0.4) is 0 Å². The lowest BCUT2D eigenvalue weighted by molar-refractivity contribution is 0.226. The lowest BCUT2D eigenvalue weighted by Crippen LogP contribution is -2.32. The van der Waals surface area contributed by atoms with Gasteiger partial charge in [0.2, 0.25) is 0 Å². The van der Waals surface area contributed by atoms with E-state index in [2.05, 4.69) is 22.2 Å². The molecule has 1 aromatic carbocycles. The van der Waals surface area contributed by atoms with Crippen LogP contribution in [0.1, 0.15) is 12.8 Å². The Morgan fingerprint density at radius 3 is 2.90 bits per heavy atom. The largest absolute Gasteiger partial charge is 0.383 e. The second-order valence-electron chi connectivity index (χ2n) is 5.62. The predicted molar refractivity (Wildman–Crippen MR) is 85.5 cm³/mol. The van der Waals surface area contributed by atoms with E-state index in [1.54, 1.807) is 0 Å². The van der Waals surface area contributed by atoms with Crippen LogP contribution >= 0.6 is 11.6 Å². The topological polar surface area (TPSA) is 28.2 Å². The third-order valence-corrected chi connectivity index (χ3v) is 4.47. The summed E-state index contributed by atoms with van der Waals surface area (Å²) in [6, 6.07) is 7.93. The Bertz CT molecular complexity index is 591. The average Bonchev–Trinajstić information content (AvgIpc) is 2.49. The number of hydrogen-bond donors (Lipinski definition) is 1. The SMILES string of the molecule is CN1CCC(CNc2ccc(Cl)c3cccnc23)CC1. The number of nitrogens with zero attached hydrogens (tertiary/aromatic N) is 2. The molecule has 4 heteroatoms. The van der Waals surface area contributed by atoms with Gasteiger partial charge in [0.15, 0.2) is 0 Å². The number of likely N-dealkylation sites (tertiary alicyclic amines) is 1. The van der Waals surface area contributed by atoms with Gasteiger partial charge in [-0.15, -0.1) is 0 Å². The van der Waals surface area contributed by atoms with Crippen LogP contribution in [0.15, 0.2) is 30.5 Å². The number of anilines is 1. The minimum absolute atomic E-state index is 0.751. The van der Waals surface area contributed by atoms with E-state index >= 15 is 0 Å². The number of rotatable bonds is 3. The highest BCUT2D eigenvalue weighted by Crippen LogP contribution is 2.28. The van der Waals surface area contributed by atoms with Crippen LogP contribution in [-0.4, -0.2) is 36.6 Å². The smallest absolute Gasteiger partial charge is 0.0948 e. The Balaban J connectivity index is 1.73. The Hall–Kier alpha value is -1.32. The Morgan fingerprint density at radius 2 is 2.10 bits per heavy atom. The molecule has 0 saturated carbocycles. The molecule has 1 aromatic heterocycles. The predicted octanol–water partition coefficient (Wildman–Crippen LogP) is 3.64. The van der Waals surface area contributed by atoms with Crippen LogP contribution in [0.5, 0.6) is 0 Å². The highest BCUT2D eigenvalue weighted by atomic mass is 35.5. The number of benzene rings is 1. The molecular weight excluding hydrogens is 270 g/mol. The first-order chi connectivity index (χ1) is 9.74. The molecule has 0 aliphatic carbocycles. The van der Waals surface area contributed by atoms with Crippen LogP contribution in [0.2, 0.25) is 5.02 Å². The molecule has 0 unspecified atom stereocenters. The molecule has 20 heavy (non-hydrogen) atoms. The van der Waals surface area contributed by atoms with Gasteiger partial charge < -0.3 is 10.2 Å². The van der Waals surface area contributed by atoms with E-state index < -0.39 is 0 Å². The fourth-order valence-electron chi connectivity index (χ4n) is 2.80. The van der Waals surface area contributed by atoms with Gasteiger partial charge in [0.05, 0.1) is 16.2 Å². The average molecular weight is 290 g/mol. The molecule has 0 radical (unpaired) electrons. The summed E-state index contributed by atoms with van der Waals surface area (Å²) >= 11 is 6.22. The highest BCUT2D eigenvalue weighted by molar-refractivity contribution is 6.35. The molecule has 2 aromatic rings. The third-order valence-electron chi connectivity index (χ3n) is 4.14. The zero-order chi connectivity index (χ0) is 13.9. The molecule has 1 aliphatic heterocycles. The van der Waals surface area contributed by atoms with Crippen LogP contribution in [-0.2, 0) is 0 Å². The molecule has 2 heterocycles. The zero-order valence-corrected chi connectivity index (χ0v) is 12.5. The van der Waals surface area contributed by atoms with Crippen LogP contribution < -0.4 is 5.32 Å². The van der Waals surface area contributed by atoms with E-state index in [9.17, 15) is 0 Å².